The van der Waals surface area contributed by atoms with Gasteiger partial charge in [0.05, 0.1) is 12.4 Å². The van der Waals surface area contributed by atoms with Crippen molar-refractivity contribution >= 4 is 17.5 Å². The first-order valence-electron chi connectivity index (χ1n) is 5.55. The number of amides is 1. The minimum atomic E-state index is 0.0282. The highest BCUT2D eigenvalue weighted by Crippen LogP contribution is 2.04. The zero-order valence-electron chi connectivity index (χ0n) is 9.86. The van der Waals surface area contributed by atoms with Crippen LogP contribution in [0.4, 0.5) is 11.6 Å². The smallest absolute Gasteiger partial charge is 0.221 e. The Morgan fingerprint density at radius 1 is 1.35 bits per heavy atom. The second-order valence-corrected chi connectivity index (χ2v) is 3.46. The number of hydrogen-bond acceptors (Lipinski definition) is 6. The zero-order valence-corrected chi connectivity index (χ0v) is 9.86. The van der Waals surface area contributed by atoms with Gasteiger partial charge < -0.3 is 16.1 Å². The fourth-order valence-corrected chi connectivity index (χ4v) is 1.18. The summed E-state index contributed by atoms with van der Waals surface area (Å²) in [6, 6.07) is 0. The van der Waals surface area contributed by atoms with E-state index in [0.717, 1.165) is 6.42 Å². The zero-order chi connectivity index (χ0) is 12.5. The number of carbonyl (C=O) groups is 1. The minimum Gasteiger partial charge on any atom is -0.368 e. The number of hydrogen-bond donors (Lipinski definition) is 4. The van der Waals surface area contributed by atoms with E-state index >= 15 is 0 Å². The Kier molecular flexibility index (Phi) is 5.73. The summed E-state index contributed by atoms with van der Waals surface area (Å²) in [7, 11) is 0. The Balaban J connectivity index is 2.28. The lowest BCUT2D eigenvalue weighted by Gasteiger charge is -2.06. The van der Waals surface area contributed by atoms with Gasteiger partial charge >= 0.3 is 0 Å². The summed E-state index contributed by atoms with van der Waals surface area (Å²) in [6.45, 7) is 3.24. The van der Waals surface area contributed by atoms with Crippen LogP contribution in [0.15, 0.2) is 12.4 Å². The maximum absolute atomic E-state index is 11.3. The van der Waals surface area contributed by atoms with Crippen LogP contribution in [0, 0.1) is 0 Å². The monoisotopic (exact) mass is 238 g/mol. The summed E-state index contributed by atoms with van der Waals surface area (Å²) in [5.74, 6) is 6.30. The van der Waals surface area contributed by atoms with E-state index in [1.807, 2.05) is 6.92 Å². The van der Waals surface area contributed by atoms with Crippen molar-refractivity contribution in [2.75, 3.05) is 23.8 Å². The predicted molar refractivity (Wildman–Crippen MR) is 66.2 cm³/mol. The number of aromatic nitrogens is 2. The molecule has 1 aromatic heterocycles. The third-order valence-corrected chi connectivity index (χ3v) is 2.01. The standard InChI is InChI=1S/C10H18N6O/c1-2-4-14-10(17)3-5-13-8-6-12-7-9(15-8)16-11/h6-7H,2-5,11H2,1H3,(H,14,17)(H2,13,15,16). The van der Waals surface area contributed by atoms with E-state index in [1.54, 1.807) is 6.20 Å². The van der Waals surface area contributed by atoms with Gasteiger partial charge in [0.1, 0.15) is 5.82 Å². The third kappa shape index (κ3) is 5.12. The second kappa shape index (κ2) is 7.39. The predicted octanol–water partition coefficient (Wildman–Crippen LogP) is 0.0904. The van der Waals surface area contributed by atoms with Crippen molar-refractivity contribution in [2.45, 2.75) is 19.8 Å². The molecule has 0 fully saturated rings. The van der Waals surface area contributed by atoms with Crippen molar-refractivity contribution in [1.29, 1.82) is 0 Å². The van der Waals surface area contributed by atoms with Gasteiger partial charge in [-0.3, -0.25) is 9.78 Å². The van der Waals surface area contributed by atoms with Gasteiger partial charge in [0, 0.05) is 19.5 Å². The second-order valence-electron chi connectivity index (χ2n) is 3.46. The lowest BCUT2D eigenvalue weighted by atomic mass is 10.3. The Hall–Kier alpha value is -1.89. The molecular formula is C10H18N6O. The van der Waals surface area contributed by atoms with Crippen LogP contribution >= 0.6 is 0 Å². The molecule has 7 nitrogen and oxygen atoms in total. The quantitative estimate of drug-likeness (QED) is 0.396. The number of nitrogen functional groups attached to an aromatic ring is 1. The van der Waals surface area contributed by atoms with Gasteiger partial charge in [-0.05, 0) is 6.42 Å². The van der Waals surface area contributed by atoms with Crippen LogP contribution in [0.1, 0.15) is 19.8 Å². The molecule has 0 radical (unpaired) electrons. The van der Waals surface area contributed by atoms with Gasteiger partial charge in [0.2, 0.25) is 5.91 Å². The normalized spacial score (nSPS) is 9.76. The summed E-state index contributed by atoms with van der Waals surface area (Å²) in [5, 5.41) is 5.79. The molecule has 0 aliphatic rings. The molecular weight excluding hydrogens is 220 g/mol. The molecule has 1 aromatic rings. The maximum atomic E-state index is 11.3. The van der Waals surface area contributed by atoms with Crippen molar-refractivity contribution in [2.24, 2.45) is 5.84 Å². The van der Waals surface area contributed by atoms with Crippen LogP contribution in [0.25, 0.3) is 0 Å². The van der Waals surface area contributed by atoms with Crippen LogP contribution in [0.5, 0.6) is 0 Å². The van der Waals surface area contributed by atoms with E-state index in [0.29, 0.717) is 31.1 Å². The van der Waals surface area contributed by atoms with Crippen LogP contribution in [-0.4, -0.2) is 29.0 Å². The van der Waals surface area contributed by atoms with Crippen LogP contribution in [0.2, 0.25) is 0 Å². The Morgan fingerprint density at radius 2 is 2.12 bits per heavy atom. The Morgan fingerprint density at radius 3 is 2.82 bits per heavy atom. The highest BCUT2D eigenvalue weighted by Gasteiger charge is 2.01. The highest BCUT2D eigenvalue weighted by molar-refractivity contribution is 5.76. The summed E-state index contributed by atoms with van der Waals surface area (Å²) in [4.78, 5) is 19.3. The number of anilines is 2. The van der Waals surface area contributed by atoms with Crippen molar-refractivity contribution in [1.82, 2.24) is 15.3 Å². The van der Waals surface area contributed by atoms with Crippen molar-refractivity contribution in [3.63, 3.8) is 0 Å². The molecule has 0 aromatic carbocycles. The minimum absolute atomic E-state index is 0.0282. The van der Waals surface area contributed by atoms with E-state index in [-0.39, 0.29) is 5.91 Å². The maximum Gasteiger partial charge on any atom is 0.221 e. The Labute approximate surface area is 100 Å². The van der Waals surface area contributed by atoms with Gasteiger partial charge in [0.25, 0.3) is 0 Å². The van der Waals surface area contributed by atoms with Gasteiger partial charge in [0.15, 0.2) is 5.82 Å². The number of nitrogens with two attached hydrogens (primary N) is 1. The molecule has 0 aliphatic heterocycles. The third-order valence-electron chi connectivity index (χ3n) is 2.01. The highest BCUT2D eigenvalue weighted by atomic mass is 16.1. The molecule has 94 valence electrons. The topological polar surface area (TPSA) is 105 Å². The first-order chi connectivity index (χ1) is 8.26. The van der Waals surface area contributed by atoms with E-state index in [1.165, 1.54) is 6.20 Å². The summed E-state index contributed by atoms with van der Waals surface area (Å²) < 4.78 is 0. The molecule has 0 atom stereocenters. The molecule has 7 heteroatoms. The van der Waals surface area contributed by atoms with Gasteiger partial charge in [-0.15, -0.1) is 0 Å². The van der Waals surface area contributed by atoms with Gasteiger partial charge in [-0.2, -0.15) is 0 Å². The lowest BCUT2D eigenvalue weighted by Crippen LogP contribution is -2.26. The largest absolute Gasteiger partial charge is 0.368 e. The molecule has 0 bridgehead atoms. The van der Waals surface area contributed by atoms with Crippen LogP contribution in [0.3, 0.4) is 0 Å². The molecule has 0 saturated carbocycles. The number of rotatable bonds is 7. The first-order valence-corrected chi connectivity index (χ1v) is 5.55. The fourth-order valence-electron chi connectivity index (χ4n) is 1.18. The van der Waals surface area contributed by atoms with E-state index in [4.69, 9.17) is 5.84 Å². The van der Waals surface area contributed by atoms with Crippen molar-refractivity contribution in [3.8, 4) is 0 Å². The summed E-state index contributed by atoms with van der Waals surface area (Å²) in [6.07, 6.45) is 4.43. The fraction of sp³-hybridized carbons (Fsp3) is 0.500. The Bertz CT molecular complexity index is 356. The molecule has 17 heavy (non-hydrogen) atoms. The lowest BCUT2D eigenvalue weighted by molar-refractivity contribution is -0.120. The number of hydrazine groups is 1. The molecule has 0 unspecified atom stereocenters. The van der Waals surface area contributed by atoms with Crippen LogP contribution < -0.4 is 21.9 Å². The molecule has 5 N–H and O–H groups in total. The molecule has 0 spiro atoms. The molecule has 0 aliphatic carbocycles. The van der Waals surface area contributed by atoms with E-state index in [2.05, 4.69) is 26.0 Å². The van der Waals surface area contributed by atoms with Crippen LogP contribution in [-0.2, 0) is 4.79 Å². The van der Waals surface area contributed by atoms with Gasteiger partial charge in [-0.1, -0.05) is 6.92 Å². The number of nitrogens with zero attached hydrogens (tertiary/aromatic N) is 2. The average Bonchev–Trinajstić information content (AvgIpc) is 2.36. The average molecular weight is 238 g/mol. The van der Waals surface area contributed by atoms with Crippen molar-refractivity contribution < 1.29 is 4.79 Å². The number of carbonyl (C=O) groups excluding carboxylic acids is 1. The molecule has 1 rings (SSSR count). The van der Waals surface area contributed by atoms with Crippen molar-refractivity contribution in [3.05, 3.63) is 12.4 Å². The molecule has 1 amide bonds. The number of nitrogens with one attached hydrogen (secondary N) is 3. The van der Waals surface area contributed by atoms with Gasteiger partial charge in [-0.25, -0.2) is 10.8 Å². The van der Waals surface area contributed by atoms with E-state index in [9.17, 15) is 4.79 Å². The molecule has 0 saturated heterocycles. The SMILES string of the molecule is CCCNC(=O)CCNc1cncc(NN)n1. The summed E-state index contributed by atoms with van der Waals surface area (Å²) >= 11 is 0. The van der Waals surface area contributed by atoms with E-state index < -0.39 is 0 Å². The summed E-state index contributed by atoms with van der Waals surface area (Å²) in [5.41, 5.74) is 2.40. The molecule has 1 heterocycles. The first kappa shape index (κ1) is 13.2.